The number of rotatable bonds is 21. The highest BCUT2D eigenvalue weighted by atomic mass is 16.6. The van der Waals surface area contributed by atoms with Crippen LogP contribution in [0.5, 0.6) is 0 Å². The number of carbonyl (C=O) groups excluding carboxylic acids is 1. The van der Waals surface area contributed by atoms with Gasteiger partial charge in [-0.2, -0.15) is 0 Å². The van der Waals surface area contributed by atoms with Crippen molar-refractivity contribution >= 4 is 5.97 Å². The summed E-state index contributed by atoms with van der Waals surface area (Å²) >= 11 is 0. The lowest BCUT2D eigenvalue weighted by Gasteiger charge is -2.10. The molecule has 1 aliphatic rings. The summed E-state index contributed by atoms with van der Waals surface area (Å²) in [6, 6.07) is 6.12. The number of ether oxygens (including phenoxy) is 2. The number of aryl methyl sites for hydroxylation is 1. The van der Waals surface area contributed by atoms with Crippen molar-refractivity contribution in [1.29, 1.82) is 0 Å². The van der Waals surface area contributed by atoms with Gasteiger partial charge in [0.05, 0.1) is 12.7 Å². The topological polar surface area (TPSA) is 39.4 Å². The van der Waals surface area contributed by atoms with Crippen molar-refractivity contribution in [3.63, 3.8) is 0 Å². The Morgan fingerprint density at radius 1 is 0.824 bits per heavy atom. The van der Waals surface area contributed by atoms with Crippen LogP contribution in [0.25, 0.3) is 0 Å². The van der Waals surface area contributed by atoms with Crippen molar-refractivity contribution in [3.05, 3.63) is 30.6 Å². The van der Waals surface area contributed by atoms with Crippen molar-refractivity contribution in [3.8, 4) is 0 Å². The van der Waals surface area contributed by atoms with Crippen molar-refractivity contribution in [2.24, 2.45) is 5.92 Å². The number of hydrogen-bond donors (Lipinski definition) is 0. The smallest absolute Gasteiger partial charge is 0.305 e. The SMILES string of the molecule is CCCCCCCCCCCCCC[C@@H]1CO[C@@H](COC(=O)CCCCC[n+]2ccccc2)C1. The number of carbonyl (C=O) groups is 1. The largest absolute Gasteiger partial charge is 0.463 e. The van der Waals surface area contributed by atoms with E-state index in [1.165, 1.54) is 83.5 Å². The summed E-state index contributed by atoms with van der Waals surface area (Å²) in [4.78, 5) is 12.0. The molecule has 0 saturated carbocycles. The van der Waals surface area contributed by atoms with Gasteiger partial charge in [-0.3, -0.25) is 4.79 Å². The van der Waals surface area contributed by atoms with Gasteiger partial charge < -0.3 is 9.47 Å². The minimum Gasteiger partial charge on any atom is -0.463 e. The molecule has 2 rings (SSSR count). The predicted molar refractivity (Wildman–Crippen MR) is 140 cm³/mol. The van der Waals surface area contributed by atoms with Crippen LogP contribution in [0.15, 0.2) is 30.6 Å². The highest BCUT2D eigenvalue weighted by Crippen LogP contribution is 2.25. The Bertz CT molecular complexity index is 606. The highest BCUT2D eigenvalue weighted by molar-refractivity contribution is 5.69. The first-order chi connectivity index (χ1) is 16.8. The van der Waals surface area contributed by atoms with Gasteiger partial charge in [-0.25, -0.2) is 4.57 Å². The van der Waals surface area contributed by atoms with Crippen LogP contribution < -0.4 is 4.57 Å². The summed E-state index contributed by atoms with van der Waals surface area (Å²) in [6.07, 6.45) is 27.0. The zero-order valence-electron chi connectivity index (χ0n) is 22.1. The minimum absolute atomic E-state index is 0.0691. The molecular formula is C30H52NO3+. The molecule has 194 valence electrons. The van der Waals surface area contributed by atoms with Crippen LogP contribution in [0.2, 0.25) is 0 Å². The van der Waals surface area contributed by atoms with E-state index < -0.39 is 0 Å². The van der Waals surface area contributed by atoms with Gasteiger partial charge in [-0.15, -0.1) is 0 Å². The molecule has 0 N–H and O–H groups in total. The monoisotopic (exact) mass is 474 g/mol. The summed E-state index contributed by atoms with van der Waals surface area (Å²) in [7, 11) is 0. The van der Waals surface area contributed by atoms with Gasteiger partial charge in [0.1, 0.15) is 13.2 Å². The minimum atomic E-state index is -0.0691. The Kier molecular flexibility index (Phi) is 16.8. The first-order valence-corrected chi connectivity index (χ1v) is 14.5. The molecule has 0 aromatic carbocycles. The maximum Gasteiger partial charge on any atom is 0.305 e. The van der Waals surface area contributed by atoms with E-state index in [0.717, 1.165) is 38.8 Å². The number of aromatic nitrogens is 1. The molecule has 0 aliphatic carbocycles. The molecule has 1 aromatic heterocycles. The summed E-state index contributed by atoms with van der Waals surface area (Å²) in [5, 5.41) is 0. The van der Waals surface area contributed by atoms with Crippen molar-refractivity contribution in [2.75, 3.05) is 13.2 Å². The number of pyridine rings is 1. The van der Waals surface area contributed by atoms with E-state index in [0.29, 0.717) is 18.9 Å². The molecule has 4 heteroatoms. The molecule has 0 bridgehead atoms. The maximum atomic E-state index is 12.0. The van der Waals surface area contributed by atoms with Gasteiger partial charge in [0.15, 0.2) is 12.4 Å². The van der Waals surface area contributed by atoms with Crippen molar-refractivity contribution < 1.29 is 18.8 Å². The third kappa shape index (κ3) is 14.8. The van der Waals surface area contributed by atoms with Crippen LogP contribution in [0.1, 0.15) is 122 Å². The van der Waals surface area contributed by atoms with Gasteiger partial charge in [0, 0.05) is 25.0 Å². The van der Waals surface area contributed by atoms with E-state index in [4.69, 9.17) is 9.47 Å². The van der Waals surface area contributed by atoms with Crippen LogP contribution in [0.3, 0.4) is 0 Å². The summed E-state index contributed by atoms with van der Waals surface area (Å²) in [5.74, 6) is 0.586. The Morgan fingerprint density at radius 3 is 2.12 bits per heavy atom. The van der Waals surface area contributed by atoms with Crippen LogP contribution in [-0.4, -0.2) is 25.3 Å². The second-order valence-electron chi connectivity index (χ2n) is 10.3. The predicted octanol–water partition coefficient (Wildman–Crippen LogP) is 7.57. The second-order valence-corrected chi connectivity index (χ2v) is 10.3. The molecule has 1 aliphatic heterocycles. The molecular weight excluding hydrogens is 422 g/mol. The lowest BCUT2D eigenvalue weighted by Crippen LogP contribution is -2.32. The first kappa shape index (κ1) is 28.8. The molecule has 0 spiro atoms. The lowest BCUT2D eigenvalue weighted by atomic mass is 9.97. The van der Waals surface area contributed by atoms with Crippen LogP contribution in [0.4, 0.5) is 0 Å². The van der Waals surface area contributed by atoms with E-state index in [1.807, 2.05) is 18.2 Å². The average molecular weight is 475 g/mol. The van der Waals surface area contributed by atoms with E-state index in [-0.39, 0.29) is 12.1 Å². The molecule has 2 atom stereocenters. The Balaban J connectivity index is 1.34. The maximum absolute atomic E-state index is 12.0. The molecule has 1 aromatic rings. The number of esters is 1. The van der Waals surface area contributed by atoms with E-state index in [9.17, 15) is 4.79 Å². The Hall–Kier alpha value is -1.42. The first-order valence-electron chi connectivity index (χ1n) is 14.5. The molecule has 1 saturated heterocycles. The van der Waals surface area contributed by atoms with Gasteiger partial charge in [-0.1, -0.05) is 90.0 Å². The number of unbranched alkanes of at least 4 members (excludes halogenated alkanes) is 13. The van der Waals surface area contributed by atoms with E-state index in [1.54, 1.807) is 0 Å². The Labute approximate surface area is 209 Å². The van der Waals surface area contributed by atoms with Gasteiger partial charge in [0.2, 0.25) is 0 Å². The molecule has 2 heterocycles. The average Bonchev–Trinajstić information content (AvgIpc) is 3.31. The molecule has 0 unspecified atom stereocenters. The number of nitrogens with zero attached hydrogens (tertiary/aromatic N) is 1. The second kappa shape index (κ2) is 19.8. The third-order valence-corrected chi connectivity index (χ3v) is 7.13. The van der Waals surface area contributed by atoms with Gasteiger partial charge >= 0.3 is 5.97 Å². The van der Waals surface area contributed by atoms with Crippen LogP contribution in [0, 0.1) is 5.92 Å². The fourth-order valence-electron chi connectivity index (χ4n) is 4.95. The Morgan fingerprint density at radius 2 is 1.44 bits per heavy atom. The van der Waals surface area contributed by atoms with Crippen LogP contribution >= 0.6 is 0 Å². The van der Waals surface area contributed by atoms with E-state index >= 15 is 0 Å². The fraction of sp³-hybridized carbons (Fsp3) is 0.800. The lowest BCUT2D eigenvalue weighted by molar-refractivity contribution is -0.697. The third-order valence-electron chi connectivity index (χ3n) is 7.13. The fourth-order valence-corrected chi connectivity index (χ4v) is 4.95. The molecule has 34 heavy (non-hydrogen) atoms. The molecule has 1 fully saturated rings. The standard InChI is InChI=1S/C30H52NO3/c1-2-3-4-5-6-7-8-9-10-11-12-15-20-28-25-29(33-26-28)27-34-30(32)21-16-13-17-22-31-23-18-14-19-24-31/h14,18-19,23-24,28-29H,2-13,15-17,20-22,25-27H2,1H3/q+1/t28-,29+/m0/s1. The highest BCUT2D eigenvalue weighted by Gasteiger charge is 2.26. The van der Waals surface area contributed by atoms with Gasteiger partial charge in [0.25, 0.3) is 0 Å². The summed E-state index contributed by atoms with van der Waals surface area (Å²) < 4.78 is 13.6. The quantitative estimate of drug-likeness (QED) is 0.105. The van der Waals surface area contributed by atoms with E-state index in [2.05, 4.69) is 23.9 Å². The van der Waals surface area contributed by atoms with Crippen molar-refractivity contribution in [1.82, 2.24) is 0 Å². The molecule has 0 amide bonds. The summed E-state index contributed by atoms with van der Waals surface area (Å²) in [6.45, 7) is 4.57. The molecule has 4 nitrogen and oxygen atoms in total. The van der Waals surface area contributed by atoms with Crippen molar-refractivity contribution in [2.45, 2.75) is 135 Å². The molecule has 0 radical (unpaired) electrons. The zero-order chi connectivity index (χ0) is 24.1. The van der Waals surface area contributed by atoms with Gasteiger partial charge in [-0.05, 0) is 31.6 Å². The normalized spacial score (nSPS) is 17.8. The summed E-state index contributed by atoms with van der Waals surface area (Å²) in [5.41, 5.74) is 0. The zero-order valence-corrected chi connectivity index (χ0v) is 22.1. The van der Waals surface area contributed by atoms with Crippen LogP contribution in [-0.2, 0) is 20.8 Å². The number of hydrogen-bond acceptors (Lipinski definition) is 3.